The number of hydrogen-bond acceptors (Lipinski definition) is 15. The van der Waals surface area contributed by atoms with Gasteiger partial charge in [0.1, 0.15) is 19.3 Å². The molecule has 0 saturated carbocycles. The molecule has 0 amide bonds. The van der Waals surface area contributed by atoms with Gasteiger partial charge in [-0.3, -0.25) is 37.3 Å². The Labute approximate surface area is 632 Å². The van der Waals surface area contributed by atoms with Gasteiger partial charge in [0.2, 0.25) is 0 Å². The lowest BCUT2D eigenvalue weighted by Crippen LogP contribution is -2.30. The van der Waals surface area contributed by atoms with Gasteiger partial charge < -0.3 is 33.8 Å². The molecule has 0 rings (SSSR count). The van der Waals surface area contributed by atoms with Gasteiger partial charge in [0.25, 0.3) is 0 Å². The molecule has 0 bridgehead atoms. The van der Waals surface area contributed by atoms with Crippen LogP contribution in [0.15, 0.2) is 0 Å². The highest BCUT2D eigenvalue weighted by Crippen LogP contribution is 2.45. The van der Waals surface area contributed by atoms with Gasteiger partial charge in [-0.05, 0) is 43.4 Å². The van der Waals surface area contributed by atoms with Crippen molar-refractivity contribution in [2.45, 2.75) is 458 Å². The standard InChI is InChI=1S/C84H164O17P2/c1-8-10-11-12-13-14-15-16-17-18-26-31-38-46-53-60-67-83(88)101-80(72-95-82(87)66-59-52-45-40-33-35-42-49-56-63-76(5)6)74-99-103(92,93)97-70-78(85)69-96-102(90,91)98-73-79(71-94-81(86)65-58-51-44-37-30-25-21-19-23-28-34-41-48-55-62-75(3)4)100-84(89)68-61-54-47-39-32-27-22-20-24-29-36-43-50-57-64-77(7)9-2/h75-80,85H,8-74H2,1-7H3,(H,90,91)(H,92,93)/t77?,78-,79-,80-/m1/s1. The van der Waals surface area contributed by atoms with Crippen LogP contribution in [0.4, 0.5) is 0 Å². The van der Waals surface area contributed by atoms with Gasteiger partial charge in [0.15, 0.2) is 12.2 Å². The first-order valence-electron chi connectivity index (χ1n) is 43.4. The first kappa shape index (κ1) is 101. The third-order valence-corrected chi connectivity index (χ3v) is 21.9. The first-order chi connectivity index (χ1) is 49.8. The molecular weight excluding hydrogens is 1340 g/mol. The number of ether oxygens (including phenoxy) is 4. The molecule has 0 saturated heterocycles. The third-order valence-electron chi connectivity index (χ3n) is 20.0. The number of unbranched alkanes of at least 4 members (excludes halogenated alkanes) is 49. The lowest BCUT2D eigenvalue weighted by molar-refractivity contribution is -0.161. The summed E-state index contributed by atoms with van der Waals surface area (Å²) in [6.45, 7) is 12.0. The average molecular weight is 1510 g/mol. The quantitative estimate of drug-likeness (QED) is 0.0222. The van der Waals surface area contributed by atoms with Gasteiger partial charge in [-0.15, -0.1) is 0 Å². The van der Waals surface area contributed by atoms with Crippen LogP contribution >= 0.6 is 15.6 Å². The maximum atomic E-state index is 13.1. The maximum absolute atomic E-state index is 13.1. The van der Waals surface area contributed by atoms with Crippen molar-refractivity contribution in [2.75, 3.05) is 39.6 Å². The molecule has 0 aliphatic carbocycles. The summed E-state index contributed by atoms with van der Waals surface area (Å²) in [5, 5.41) is 10.7. The fraction of sp³-hybridized carbons (Fsp3) is 0.952. The summed E-state index contributed by atoms with van der Waals surface area (Å²) < 4.78 is 68.9. The summed E-state index contributed by atoms with van der Waals surface area (Å²) in [4.78, 5) is 73.2. The van der Waals surface area contributed by atoms with E-state index in [-0.39, 0.29) is 25.7 Å². The van der Waals surface area contributed by atoms with E-state index in [1.165, 1.54) is 250 Å². The largest absolute Gasteiger partial charge is 0.472 e. The van der Waals surface area contributed by atoms with E-state index in [0.29, 0.717) is 25.7 Å². The van der Waals surface area contributed by atoms with Crippen molar-refractivity contribution in [2.24, 2.45) is 17.8 Å². The zero-order valence-electron chi connectivity index (χ0n) is 67.8. The highest BCUT2D eigenvalue weighted by Gasteiger charge is 2.30. The second kappa shape index (κ2) is 74.2. The van der Waals surface area contributed by atoms with Crippen LogP contribution in [0.5, 0.6) is 0 Å². The van der Waals surface area contributed by atoms with E-state index in [0.717, 1.165) is 108 Å². The number of phosphoric ester groups is 2. The van der Waals surface area contributed by atoms with E-state index >= 15 is 0 Å². The van der Waals surface area contributed by atoms with Crippen LogP contribution < -0.4 is 0 Å². The van der Waals surface area contributed by atoms with Crippen LogP contribution in [0.2, 0.25) is 0 Å². The Hall–Kier alpha value is -1.94. The topological polar surface area (TPSA) is 237 Å². The number of aliphatic hydroxyl groups is 1. The number of esters is 4. The SMILES string of the molecule is CCCCCCCCCCCCCCCCCCC(=O)O[C@H](COC(=O)CCCCCCCCCCCC(C)C)COP(=O)(O)OC[C@H](O)COP(=O)(O)OC[C@@H](COC(=O)CCCCCCCCCCCCCCCCC(C)C)OC(=O)CCCCCCCCCCCCCCCCC(C)CC. The normalized spacial score (nSPS) is 14.2. The summed E-state index contributed by atoms with van der Waals surface area (Å²) in [5.41, 5.74) is 0. The predicted molar refractivity (Wildman–Crippen MR) is 423 cm³/mol. The number of phosphoric acid groups is 2. The van der Waals surface area contributed by atoms with Gasteiger partial charge in [-0.2, -0.15) is 0 Å². The van der Waals surface area contributed by atoms with Crippen molar-refractivity contribution in [3.63, 3.8) is 0 Å². The third kappa shape index (κ3) is 76.6. The summed E-state index contributed by atoms with van der Waals surface area (Å²) in [5.74, 6) is 0.284. The molecule has 0 aliphatic rings. The summed E-state index contributed by atoms with van der Waals surface area (Å²) >= 11 is 0. The van der Waals surface area contributed by atoms with Crippen LogP contribution in [0.25, 0.3) is 0 Å². The van der Waals surface area contributed by atoms with Gasteiger partial charge in [-0.25, -0.2) is 9.13 Å². The molecule has 0 aliphatic heterocycles. The van der Waals surface area contributed by atoms with Crippen molar-refractivity contribution in [1.29, 1.82) is 0 Å². The van der Waals surface area contributed by atoms with Crippen LogP contribution in [-0.2, 0) is 65.4 Å². The number of carbonyl (C=O) groups excluding carboxylic acids is 4. The molecule has 0 fully saturated rings. The molecule has 0 radical (unpaired) electrons. The Bertz CT molecular complexity index is 1990. The first-order valence-corrected chi connectivity index (χ1v) is 46.4. The second-order valence-corrected chi connectivity index (χ2v) is 34.3. The molecule has 0 aromatic rings. The van der Waals surface area contributed by atoms with Crippen molar-refractivity contribution < 1.29 is 80.2 Å². The molecule has 612 valence electrons. The van der Waals surface area contributed by atoms with Gasteiger partial charge in [-0.1, -0.05) is 389 Å². The van der Waals surface area contributed by atoms with Crippen LogP contribution in [0.3, 0.4) is 0 Å². The van der Waals surface area contributed by atoms with E-state index in [4.69, 9.17) is 37.0 Å². The van der Waals surface area contributed by atoms with Gasteiger partial charge in [0.05, 0.1) is 26.4 Å². The maximum Gasteiger partial charge on any atom is 0.472 e. The fourth-order valence-corrected chi connectivity index (χ4v) is 14.6. The minimum atomic E-state index is -4.97. The molecule has 0 heterocycles. The molecule has 17 nitrogen and oxygen atoms in total. The number of aliphatic hydroxyl groups excluding tert-OH is 1. The molecule has 6 atom stereocenters. The van der Waals surface area contributed by atoms with Crippen LogP contribution in [-0.4, -0.2) is 96.7 Å². The van der Waals surface area contributed by atoms with Crippen LogP contribution in [0, 0.1) is 17.8 Å². The fourth-order valence-electron chi connectivity index (χ4n) is 13.0. The number of rotatable bonds is 82. The van der Waals surface area contributed by atoms with Gasteiger partial charge in [0, 0.05) is 25.7 Å². The second-order valence-electron chi connectivity index (χ2n) is 31.4. The van der Waals surface area contributed by atoms with E-state index in [1.807, 2.05) is 0 Å². The monoisotopic (exact) mass is 1510 g/mol. The molecule has 3 N–H and O–H groups in total. The Morgan fingerprint density at radius 3 is 0.738 bits per heavy atom. The molecule has 0 aromatic heterocycles. The minimum absolute atomic E-state index is 0.108. The highest BCUT2D eigenvalue weighted by molar-refractivity contribution is 7.47. The lowest BCUT2D eigenvalue weighted by atomic mass is 9.99. The summed E-state index contributed by atoms with van der Waals surface area (Å²) in [6.07, 6.45) is 63.7. The van der Waals surface area contributed by atoms with Crippen molar-refractivity contribution in [3.8, 4) is 0 Å². The molecule has 103 heavy (non-hydrogen) atoms. The number of hydrogen-bond donors (Lipinski definition) is 3. The van der Waals surface area contributed by atoms with E-state index in [9.17, 15) is 43.2 Å². The van der Waals surface area contributed by atoms with Crippen molar-refractivity contribution >= 4 is 39.5 Å². The Morgan fingerprint density at radius 1 is 0.282 bits per heavy atom. The highest BCUT2D eigenvalue weighted by atomic mass is 31.2. The Balaban J connectivity index is 5.27. The Kier molecular flexibility index (Phi) is 72.8. The average Bonchev–Trinajstić information content (AvgIpc) is 0.914. The molecular formula is C84H164O17P2. The zero-order valence-corrected chi connectivity index (χ0v) is 69.6. The lowest BCUT2D eigenvalue weighted by Gasteiger charge is -2.21. The van der Waals surface area contributed by atoms with Crippen molar-refractivity contribution in [3.05, 3.63) is 0 Å². The molecule has 19 heteroatoms. The molecule has 3 unspecified atom stereocenters. The van der Waals surface area contributed by atoms with Gasteiger partial charge >= 0.3 is 39.5 Å². The van der Waals surface area contributed by atoms with Crippen molar-refractivity contribution in [1.82, 2.24) is 0 Å². The Morgan fingerprint density at radius 2 is 0.495 bits per heavy atom. The van der Waals surface area contributed by atoms with E-state index < -0.39 is 97.5 Å². The van der Waals surface area contributed by atoms with Crippen LogP contribution in [0.1, 0.15) is 440 Å². The summed E-state index contributed by atoms with van der Waals surface area (Å²) in [6, 6.07) is 0. The van der Waals surface area contributed by atoms with E-state index in [1.54, 1.807) is 0 Å². The molecule has 0 aromatic carbocycles. The zero-order chi connectivity index (χ0) is 75.8. The van der Waals surface area contributed by atoms with E-state index in [2.05, 4.69) is 48.5 Å². The minimum Gasteiger partial charge on any atom is -0.462 e. The predicted octanol–water partition coefficient (Wildman–Crippen LogP) is 25.3. The smallest absolute Gasteiger partial charge is 0.462 e. The number of carbonyl (C=O) groups is 4. The molecule has 0 spiro atoms. The summed E-state index contributed by atoms with van der Waals surface area (Å²) in [7, 11) is -9.93.